The smallest absolute Gasteiger partial charge is 0.308 e. The van der Waals surface area contributed by atoms with Gasteiger partial charge in [0.2, 0.25) is 0 Å². The number of ether oxygens (including phenoxy) is 1. The van der Waals surface area contributed by atoms with Crippen molar-refractivity contribution in [3.05, 3.63) is 12.2 Å². The summed E-state index contributed by atoms with van der Waals surface area (Å²) in [7, 11) is 0. The van der Waals surface area contributed by atoms with E-state index >= 15 is 0 Å². The van der Waals surface area contributed by atoms with Gasteiger partial charge in [0.25, 0.3) is 0 Å². The zero-order valence-electron chi connectivity index (χ0n) is 21.0. The molecule has 0 spiro atoms. The summed E-state index contributed by atoms with van der Waals surface area (Å²) in [5, 5.41) is 20.3. The van der Waals surface area contributed by atoms with Crippen LogP contribution in [0.3, 0.4) is 0 Å². The summed E-state index contributed by atoms with van der Waals surface area (Å²) in [6.45, 7) is 15.0. The second kappa shape index (κ2) is 11.6. The number of hydrogen-bond acceptors (Lipinski definition) is 5. The molecule has 5 nitrogen and oxygen atoms in total. The Morgan fingerprint density at radius 3 is 2.19 bits per heavy atom. The summed E-state index contributed by atoms with van der Waals surface area (Å²) in [6, 6.07) is 0. The van der Waals surface area contributed by atoms with Gasteiger partial charge in [-0.25, -0.2) is 0 Å². The molecule has 0 aromatic rings. The number of aliphatic hydroxyl groups is 2. The van der Waals surface area contributed by atoms with Crippen molar-refractivity contribution >= 4 is 11.8 Å². The number of aliphatic hydroxyl groups excluding tert-OH is 2. The average Bonchev–Trinajstić information content (AvgIpc) is 2.64. The minimum Gasteiger partial charge on any atom is -0.462 e. The Morgan fingerprint density at radius 1 is 1.13 bits per heavy atom. The summed E-state index contributed by atoms with van der Waals surface area (Å²) in [6.07, 6.45) is 7.42. The largest absolute Gasteiger partial charge is 0.462 e. The molecule has 1 saturated carbocycles. The molecule has 4 atom stereocenters. The molecule has 0 heterocycles. The van der Waals surface area contributed by atoms with Crippen molar-refractivity contribution in [2.24, 2.45) is 28.6 Å². The summed E-state index contributed by atoms with van der Waals surface area (Å²) >= 11 is 0. The van der Waals surface area contributed by atoms with Gasteiger partial charge in [0, 0.05) is 5.92 Å². The van der Waals surface area contributed by atoms with Crippen LogP contribution in [0.1, 0.15) is 93.9 Å². The van der Waals surface area contributed by atoms with Gasteiger partial charge in [-0.2, -0.15) is 0 Å². The molecule has 0 aromatic heterocycles. The third-order valence-electron chi connectivity index (χ3n) is 7.13. The molecular formula is C26H46O5. The lowest BCUT2D eigenvalue weighted by Gasteiger charge is -2.46. The molecule has 0 aromatic carbocycles. The van der Waals surface area contributed by atoms with Gasteiger partial charge in [-0.3, -0.25) is 9.59 Å². The highest BCUT2D eigenvalue weighted by Crippen LogP contribution is 2.50. The van der Waals surface area contributed by atoms with Crippen molar-refractivity contribution in [3.63, 3.8) is 0 Å². The maximum absolute atomic E-state index is 12.6. The first-order chi connectivity index (χ1) is 14.2. The van der Waals surface area contributed by atoms with E-state index in [1.165, 1.54) is 0 Å². The van der Waals surface area contributed by atoms with Gasteiger partial charge >= 0.3 is 5.97 Å². The normalized spacial score (nSPS) is 25.7. The molecule has 0 saturated heterocycles. The maximum atomic E-state index is 12.6. The first-order valence-electron chi connectivity index (χ1n) is 12.0. The highest BCUT2D eigenvalue weighted by atomic mass is 16.5. The summed E-state index contributed by atoms with van der Waals surface area (Å²) in [5.74, 6) is -0.587. The fourth-order valence-electron chi connectivity index (χ4n) is 4.59. The molecule has 5 heteroatoms. The van der Waals surface area contributed by atoms with Crippen LogP contribution < -0.4 is 0 Å². The lowest BCUT2D eigenvalue weighted by atomic mass is 9.60. The topological polar surface area (TPSA) is 83.8 Å². The number of Topliss-reactive ketones (excluding diaryl/α,β-unsaturated/α-hetero) is 1. The Hall–Kier alpha value is -1.20. The lowest BCUT2D eigenvalue weighted by molar-refractivity contribution is -0.159. The van der Waals surface area contributed by atoms with Gasteiger partial charge in [0.15, 0.2) is 0 Å². The van der Waals surface area contributed by atoms with E-state index in [-0.39, 0.29) is 24.2 Å². The molecule has 0 aliphatic heterocycles. The van der Waals surface area contributed by atoms with Crippen molar-refractivity contribution < 1.29 is 24.5 Å². The van der Waals surface area contributed by atoms with Crippen LogP contribution in [0.4, 0.5) is 0 Å². The van der Waals surface area contributed by atoms with Crippen LogP contribution in [-0.2, 0) is 14.3 Å². The summed E-state index contributed by atoms with van der Waals surface area (Å²) < 4.78 is 5.76. The van der Waals surface area contributed by atoms with Crippen LogP contribution in [0, 0.1) is 28.6 Å². The van der Waals surface area contributed by atoms with Gasteiger partial charge in [0.1, 0.15) is 11.9 Å². The molecule has 2 N–H and O–H groups in total. The molecule has 0 amide bonds. The summed E-state index contributed by atoms with van der Waals surface area (Å²) in [5.41, 5.74) is -0.784. The first-order valence-corrected chi connectivity index (χ1v) is 12.0. The number of hydrogen-bond donors (Lipinski definition) is 2. The molecular weight excluding hydrogens is 392 g/mol. The number of ketones is 1. The minimum absolute atomic E-state index is 0.185. The molecule has 1 aliphatic carbocycles. The number of carbonyl (C=O) groups is 2. The Balaban J connectivity index is 2.61. The SMILES string of the molecule is CC/C=C/CC1(C)CC(C[C@H](OC(=O)C[C@H](O)C(C)(C)C(=O)C(C)C(C)O)C(C)C)C1. The molecule has 31 heavy (non-hydrogen) atoms. The molecule has 1 aliphatic rings. The van der Waals surface area contributed by atoms with Gasteiger partial charge in [-0.1, -0.05) is 60.6 Å². The number of carbonyl (C=O) groups excluding carboxylic acids is 2. The van der Waals surface area contributed by atoms with Crippen LogP contribution in [0.2, 0.25) is 0 Å². The zero-order chi connectivity index (χ0) is 24.0. The monoisotopic (exact) mass is 438 g/mol. The van der Waals surface area contributed by atoms with Crippen LogP contribution in [0.25, 0.3) is 0 Å². The van der Waals surface area contributed by atoms with E-state index in [4.69, 9.17) is 4.74 Å². The van der Waals surface area contributed by atoms with Crippen LogP contribution in [0.15, 0.2) is 12.2 Å². The third kappa shape index (κ3) is 8.02. The van der Waals surface area contributed by atoms with Crippen molar-refractivity contribution in [3.8, 4) is 0 Å². The van der Waals surface area contributed by atoms with E-state index in [9.17, 15) is 19.8 Å². The average molecular weight is 439 g/mol. The van der Waals surface area contributed by atoms with Crippen molar-refractivity contribution in [1.82, 2.24) is 0 Å². The maximum Gasteiger partial charge on any atom is 0.308 e. The Bertz CT molecular complexity index is 613. The van der Waals surface area contributed by atoms with E-state index < -0.39 is 29.5 Å². The second-order valence-electron chi connectivity index (χ2n) is 11.0. The standard InChI is InChI=1S/C26H46O5/c1-9-10-11-12-26(8)15-20(16-26)13-21(17(2)3)31-23(29)14-22(28)25(6,7)24(30)18(4)19(5)27/h10-11,17-22,27-28H,9,12-16H2,1-8H3/b11-10+/t18?,19?,20?,21-,22-,26?/m0/s1. The van der Waals surface area contributed by atoms with E-state index in [2.05, 4.69) is 26.0 Å². The van der Waals surface area contributed by atoms with Crippen molar-refractivity contribution in [2.45, 2.75) is 112 Å². The van der Waals surface area contributed by atoms with E-state index in [1.54, 1.807) is 27.7 Å². The van der Waals surface area contributed by atoms with Crippen molar-refractivity contribution in [1.29, 1.82) is 0 Å². The van der Waals surface area contributed by atoms with Gasteiger partial charge in [-0.05, 0) is 56.3 Å². The number of esters is 1. The number of allylic oxidation sites excluding steroid dienone is 2. The minimum atomic E-state index is -1.15. The van der Waals surface area contributed by atoms with Crippen LogP contribution in [0.5, 0.6) is 0 Å². The highest BCUT2D eigenvalue weighted by Gasteiger charge is 2.42. The van der Waals surface area contributed by atoms with E-state index in [0.717, 1.165) is 32.1 Å². The van der Waals surface area contributed by atoms with Gasteiger partial charge in [-0.15, -0.1) is 0 Å². The zero-order valence-corrected chi connectivity index (χ0v) is 21.0. The van der Waals surface area contributed by atoms with E-state index in [0.29, 0.717) is 11.3 Å². The third-order valence-corrected chi connectivity index (χ3v) is 7.13. The Labute approximate surface area is 189 Å². The molecule has 2 unspecified atom stereocenters. The molecule has 180 valence electrons. The Kier molecular flexibility index (Phi) is 10.4. The first kappa shape index (κ1) is 27.8. The lowest BCUT2D eigenvalue weighted by Crippen LogP contribution is -2.44. The quantitative estimate of drug-likeness (QED) is 0.309. The van der Waals surface area contributed by atoms with Gasteiger partial charge < -0.3 is 14.9 Å². The molecule has 1 rings (SSSR count). The molecule has 0 bridgehead atoms. The molecule has 0 radical (unpaired) electrons. The predicted molar refractivity (Wildman–Crippen MR) is 124 cm³/mol. The fraction of sp³-hybridized carbons (Fsp3) is 0.846. The van der Waals surface area contributed by atoms with Crippen LogP contribution >= 0.6 is 0 Å². The van der Waals surface area contributed by atoms with Crippen molar-refractivity contribution in [2.75, 3.05) is 0 Å². The molecule has 1 fully saturated rings. The van der Waals surface area contributed by atoms with E-state index in [1.807, 2.05) is 13.8 Å². The Morgan fingerprint density at radius 2 is 1.71 bits per heavy atom. The highest BCUT2D eigenvalue weighted by molar-refractivity contribution is 5.87. The second-order valence-corrected chi connectivity index (χ2v) is 11.0. The number of rotatable bonds is 13. The summed E-state index contributed by atoms with van der Waals surface area (Å²) in [4.78, 5) is 25.2. The predicted octanol–water partition coefficient (Wildman–Crippen LogP) is 5.08. The fourth-order valence-corrected chi connectivity index (χ4v) is 4.59. The van der Waals surface area contributed by atoms with Gasteiger partial charge in [0.05, 0.1) is 24.0 Å². The van der Waals surface area contributed by atoms with Crippen LogP contribution in [-0.4, -0.2) is 40.3 Å².